The molecule has 35 heavy (non-hydrogen) atoms. The highest BCUT2D eigenvalue weighted by Gasteiger charge is 2.33. The van der Waals surface area contributed by atoms with E-state index in [9.17, 15) is 14.4 Å². The Hall–Kier alpha value is -3.39. The largest absolute Gasteiger partial charge is 0.485 e. The predicted octanol–water partition coefficient (Wildman–Crippen LogP) is 3.08. The molecule has 0 radical (unpaired) electrons. The van der Waals surface area contributed by atoms with Gasteiger partial charge in [-0.2, -0.15) is 0 Å². The first-order chi connectivity index (χ1) is 16.9. The van der Waals surface area contributed by atoms with E-state index in [1.54, 1.807) is 25.1 Å². The third-order valence-electron chi connectivity index (χ3n) is 6.23. The number of benzene rings is 2. The van der Waals surface area contributed by atoms with Crippen molar-refractivity contribution in [3.05, 3.63) is 53.6 Å². The summed E-state index contributed by atoms with van der Waals surface area (Å²) in [6.07, 6.45) is 0.876. The van der Waals surface area contributed by atoms with Gasteiger partial charge in [0.05, 0.1) is 5.69 Å². The summed E-state index contributed by atoms with van der Waals surface area (Å²) < 4.78 is 11.2. The van der Waals surface area contributed by atoms with Crippen LogP contribution in [0.4, 0.5) is 5.69 Å². The van der Waals surface area contributed by atoms with Crippen molar-refractivity contribution in [1.29, 1.82) is 0 Å². The van der Waals surface area contributed by atoms with Gasteiger partial charge in [-0.05, 0) is 62.3 Å². The van der Waals surface area contributed by atoms with E-state index in [0.29, 0.717) is 29.3 Å². The topological polar surface area (TPSA) is 88.2 Å². The smallest absolute Gasteiger partial charge is 0.265 e. The van der Waals surface area contributed by atoms with E-state index >= 15 is 0 Å². The van der Waals surface area contributed by atoms with Gasteiger partial charge in [-0.25, -0.2) is 0 Å². The quantitative estimate of drug-likeness (QED) is 0.469. The molecule has 0 unspecified atom stereocenters. The second kappa shape index (κ2) is 12.4. The van der Waals surface area contributed by atoms with Crippen LogP contribution in [0.5, 0.6) is 11.5 Å². The number of aryl methyl sites for hydroxylation is 1. The number of nitrogens with one attached hydrogen (secondary N) is 1. The summed E-state index contributed by atoms with van der Waals surface area (Å²) in [6.45, 7) is 10.6. The van der Waals surface area contributed by atoms with Crippen LogP contribution in [0.1, 0.15) is 43.6 Å². The zero-order chi connectivity index (χ0) is 25.4. The van der Waals surface area contributed by atoms with Crippen LogP contribution in [0, 0.1) is 0 Å². The number of fused-ring (bicyclic) bond motifs is 1. The molecule has 0 saturated carbocycles. The second-order valence-electron chi connectivity index (χ2n) is 8.44. The van der Waals surface area contributed by atoms with Crippen LogP contribution in [0.15, 0.2) is 42.5 Å². The van der Waals surface area contributed by atoms with Gasteiger partial charge in [0, 0.05) is 18.7 Å². The monoisotopic (exact) mass is 481 g/mol. The van der Waals surface area contributed by atoms with Crippen LogP contribution in [0.3, 0.4) is 0 Å². The van der Waals surface area contributed by atoms with Crippen molar-refractivity contribution in [2.24, 2.45) is 0 Å². The first-order valence-corrected chi connectivity index (χ1v) is 12.2. The number of nitrogens with zero attached hydrogens (tertiary/aromatic N) is 2. The van der Waals surface area contributed by atoms with Crippen molar-refractivity contribution in [3.63, 3.8) is 0 Å². The molecule has 1 heterocycles. The Balaban J connectivity index is 1.71. The second-order valence-corrected chi connectivity index (χ2v) is 8.44. The fraction of sp³-hybridized carbons (Fsp3) is 0.444. The minimum atomic E-state index is -0.750. The van der Waals surface area contributed by atoms with Gasteiger partial charge in [-0.3, -0.25) is 19.3 Å². The lowest BCUT2D eigenvalue weighted by molar-refractivity contribution is -0.127. The van der Waals surface area contributed by atoms with E-state index in [1.807, 2.05) is 24.3 Å². The van der Waals surface area contributed by atoms with Crippen molar-refractivity contribution < 1.29 is 23.9 Å². The Morgan fingerprint density at radius 3 is 2.63 bits per heavy atom. The molecule has 2 aromatic rings. The Morgan fingerprint density at radius 2 is 1.91 bits per heavy atom. The van der Waals surface area contributed by atoms with Crippen molar-refractivity contribution in [2.75, 3.05) is 44.3 Å². The molecule has 0 saturated heterocycles. The Bertz CT molecular complexity index is 1050. The highest BCUT2D eigenvalue weighted by Crippen LogP contribution is 2.34. The van der Waals surface area contributed by atoms with Gasteiger partial charge in [0.15, 0.2) is 19.0 Å². The fourth-order valence-electron chi connectivity index (χ4n) is 4.00. The number of anilines is 1. The number of carbonyl (C=O) groups is 3. The SMILES string of the molecule is CCc1cccc(OCC(=O)c2ccc3c(c2)N([C@@H](C)C(=O)NCCN(CC)CC)C(=O)CO3)c1. The van der Waals surface area contributed by atoms with Gasteiger partial charge in [-0.15, -0.1) is 0 Å². The molecule has 188 valence electrons. The number of amides is 2. The number of carbonyl (C=O) groups excluding carboxylic acids is 3. The van der Waals surface area contributed by atoms with Crippen LogP contribution in [-0.2, 0) is 16.0 Å². The van der Waals surface area contributed by atoms with E-state index in [0.717, 1.165) is 31.6 Å². The van der Waals surface area contributed by atoms with Crippen LogP contribution < -0.4 is 19.7 Å². The summed E-state index contributed by atoms with van der Waals surface area (Å²) in [7, 11) is 0. The van der Waals surface area contributed by atoms with Crippen LogP contribution in [-0.4, -0.2) is 67.9 Å². The number of hydrogen-bond donors (Lipinski definition) is 1. The standard InChI is InChI=1S/C27H35N3O5/c1-5-20-9-8-10-22(15-20)34-17-24(31)21-11-12-25-23(16-21)30(26(32)18-35-25)19(4)27(33)28-13-14-29(6-2)7-3/h8-12,15-16,19H,5-7,13-14,17-18H2,1-4H3,(H,28,33)/t19-/m0/s1. The van der Waals surface area contributed by atoms with Crippen LogP contribution >= 0.6 is 0 Å². The van der Waals surface area contributed by atoms with E-state index in [4.69, 9.17) is 9.47 Å². The maximum absolute atomic E-state index is 12.9. The lowest BCUT2D eigenvalue weighted by atomic mass is 10.1. The molecule has 1 aliphatic rings. The zero-order valence-corrected chi connectivity index (χ0v) is 21.0. The summed E-state index contributed by atoms with van der Waals surface area (Å²) in [5.41, 5.74) is 1.92. The summed E-state index contributed by atoms with van der Waals surface area (Å²) in [5, 5.41) is 2.91. The van der Waals surface area contributed by atoms with Crippen molar-refractivity contribution in [1.82, 2.24) is 10.2 Å². The molecule has 0 aromatic heterocycles. The van der Waals surface area contributed by atoms with Crippen LogP contribution in [0.2, 0.25) is 0 Å². The average Bonchev–Trinajstić information content (AvgIpc) is 2.89. The third-order valence-corrected chi connectivity index (χ3v) is 6.23. The van der Waals surface area contributed by atoms with E-state index in [1.165, 1.54) is 4.90 Å². The molecule has 1 atom stereocenters. The lowest BCUT2D eigenvalue weighted by Crippen LogP contribution is -2.52. The number of ketones is 1. The van der Waals surface area contributed by atoms with Gasteiger partial charge in [0.25, 0.3) is 5.91 Å². The summed E-state index contributed by atoms with van der Waals surface area (Å²) in [4.78, 5) is 42.0. The van der Waals surface area contributed by atoms with Crippen molar-refractivity contribution in [3.8, 4) is 11.5 Å². The molecule has 8 nitrogen and oxygen atoms in total. The Morgan fingerprint density at radius 1 is 1.14 bits per heavy atom. The van der Waals surface area contributed by atoms with Gasteiger partial charge in [0.2, 0.25) is 5.91 Å². The van der Waals surface area contributed by atoms with Gasteiger partial charge < -0.3 is 19.7 Å². The maximum Gasteiger partial charge on any atom is 0.265 e. The van der Waals surface area contributed by atoms with Gasteiger partial charge in [-0.1, -0.05) is 32.9 Å². The molecule has 0 bridgehead atoms. The first-order valence-electron chi connectivity index (χ1n) is 12.2. The number of Topliss-reactive ketones (excluding diaryl/α,β-unsaturated/α-hetero) is 1. The molecule has 3 rings (SSSR count). The maximum atomic E-state index is 12.9. The summed E-state index contributed by atoms with van der Waals surface area (Å²) >= 11 is 0. The third kappa shape index (κ3) is 6.60. The molecule has 0 spiro atoms. The molecule has 0 fully saturated rings. The summed E-state index contributed by atoms with van der Waals surface area (Å²) in [5.74, 6) is 0.269. The normalized spacial score (nSPS) is 13.7. The minimum absolute atomic E-state index is 0.137. The van der Waals surface area contributed by atoms with Gasteiger partial charge >= 0.3 is 0 Å². The molecule has 8 heteroatoms. The van der Waals surface area contributed by atoms with E-state index in [2.05, 4.69) is 31.0 Å². The van der Waals surface area contributed by atoms with E-state index in [-0.39, 0.29) is 30.8 Å². The minimum Gasteiger partial charge on any atom is -0.485 e. The fourth-order valence-corrected chi connectivity index (χ4v) is 4.00. The Kier molecular flexibility index (Phi) is 9.25. The molecular formula is C27H35N3O5. The number of ether oxygens (including phenoxy) is 2. The van der Waals surface area contributed by atoms with Crippen molar-refractivity contribution >= 4 is 23.3 Å². The molecule has 0 aliphatic carbocycles. The lowest BCUT2D eigenvalue weighted by Gasteiger charge is -2.33. The number of rotatable bonds is 12. The molecule has 2 amide bonds. The summed E-state index contributed by atoms with van der Waals surface area (Å²) in [6, 6.07) is 11.8. The molecular weight excluding hydrogens is 446 g/mol. The highest BCUT2D eigenvalue weighted by atomic mass is 16.5. The van der Waals surface area contributed by atoms with E-state index < -0.39 is 6.04 Å². The predicted molar refractivity (Wildman–Crippen MR) is 135 cm³/mol. The highest BCUT2D eigenvalue weighted by molar-refractivity contribution is 6.05. The average molecular weight is 482 g/mol. The molecule has 2 aromatic carbocycles. The van der Waals surface area contributed by atoms with Crippen molar-refractivity contribution in [2.45, 2.75) is 40.2 Å². The molecule has 1 N–H and O–H groups in total. The number of hydrogen-bond acceptors (Lipinski definition) is 6. The Labute approximate surface area is 207 Å². The zero-order valence-electron chi connectivity index (χ0n) is 21.0. The number of likely N-dealkylation sites (N-methyl/N-ethyl adjacent to an activating group) is 1. The first kappa shape index (κ1) is 26.2. The molecule has 1 aliphatic heterocycles. The van der Waals surface area contributed by atoms with Gasteiger partial charge in [0.1, 0.15) is 17.5 Å². The van der Waals surface area contributed by atoms with Crippen LogP contribution in [0.25, 0.3) is 0 Å².